The minimum absolute atomic E-state index is 0.103. The lowest BCUT2D eigenvalue weighted by molar-refractivity contribution is 0.102. The van der Waals surface area contributed by atoms with Crippen LogP contribution in [-0.4, -0.2) is 47.0 Å². The fraction of sp³-hybridized carbons (Fsp3) is 0.370. The SMILES string of the molecule is Cc1c(NC(=O)c2ccc(C3CC3)cc2F)cc(F)cc1-c1ncnc(N)c1OCCN(C)C(C)C. The van der Waals surface area contributed by atoms with E-state index in [-0.39, 0.29) is 22.8 Å². The maximum Gasteiger partial charge on any atom is 0.258 e. The highest BCUT2D eigenvalue weighted by molar-refractivity contribution is 6.05. The van der Waals surface area contributed by atoms with E-state index in [1.807, 2.05) is 7.05 Å². The first kappa shape index (κ1) is 25.5. The monoisotopic (exact) mass is 495 g/mol. The molecule has 1 heterocycles. The fourth-order valence-electron chi connectivity index (χ4n) is 3.90. The molecule has 1 fully saturated rings. The third-order valence-electron chi connectivity index (χ3n) is 6.57. The highest BCUT2D eigenvalue weighted by Gasteiger charge is 2.25. The van der Waals surface area contributed by atoms with Crippen molar-refractivity contribution in [1.82, 2.24) is 14.9 Å². The van der Waals surface area contributed by atoms with Crippen LogP contribution in [0.3, 0.4) is 0 Å². The summed E-state index contributed by atoms with van der Waals surface area (Å²) in [5.41, 5.74) is 8.29. The molecule has 1 amide bonds. The van der Waals surface area contributed by atoms with Crippen LogP contribution in [-0.2, 0) is 0 Å². The maximum atomic E-state index is 14.7. The summed E-state index contributed by atoms with van der Waals surface area (Å²) < 4.78 is 35.3. The Kier molecular flexibility index (Phi) is 7.49. The molecule has 9 heteroatoms. The number of rotatable bonds is 9. The van der Waals surface area contributed by atoms with Crippen molar-refractivity contribution in [2.75, 3.05) is 31.2 Å². The molecular formula is C27H31F2N5O2. The molecule has 0 bridgehead atoms. The van der Waals surface area contributed by atoms with E-state index in [0.29, 0.717) is 41.9 Å². The van der Waals surface area contributed by atoms with Gasteiger partial charge < -0.3 is 20.7 Å². The number of nitrogens with zero attached hydrogens (tertiary/aromatic N) is 3. The van der Waals surface area contributed by atoms with Gasteiger partial charge in [-0.15, -0.1) is 0 Å². The molecule has 1 aliphatic rings. The Morgan fingerprint density at radius 1 is 1.22 bits per heavy atom. The number of hydrogen-bond donors (Lipinski definition) is 2. The quantitative estimate of drug-likeness (QED) is 0.426. The number of nitrogens with two attached hydrogens (primary N) is 1. The summed E-state index contributed by atoms with van der Waals surface area (Å²) in [7, 11) is 1.98. The summed E-state index contributed by atoms with van der Waals surface area (Å²) in [4.78, 5) is 23.3. The van der Waals surface area contributed by atoms with Gasteiger partial charge in [0.15, 0.2) is 11.6 Å². The zero-order valence-electron chi connectivity index (χ0n) is 20.9. The summed E-state index contributed by atoms with van der Waals surface area (Å²) in [5.74, 6) is -1.13. The Labute approximate surface area is 209 Å². The van der Waals surface area contributed by atoms with Gasteiger partial charge >= 0.3 is 0 Å². The summed E-state index contributed by atoms with van der Waals surface area (Å²) >= 11 is 0. The minimum atomic E-state index is -0.662. The van der Waals surface area contributed by atoms with Gasteiger partial charge in [-0.25, -0.2) is 18.7 Å². The van der Waals surface area contributed by atoms with Crippen LogP contribution in [0.25, 0.3) is 11.3 Å². The number of ether oxygens (including phenoxy) is 1. The number of carbonyl (C=O) groups is 1. The first-order chi connectivity index (χ1) is 17.2. The van der Waals surface area contributed by atoms with Gasteiger partial charge in [0.05, 0.1) is 5.56 Å². The number of benzene rings is 2. The number of halogens is 2. The van der Waals surface area contributed by atoms with Gasteiger partial charge in [0.1, 0.15) is 30.3 Å². The molecule has 0 atom stereocenters. The van der Waals surface area contributed by atoms with Crippen molar-refractivity contribution in [3.63, 3.8) is 0 Å². The van der Waals surface area contributed by atoms with Crippen LogP contribution in [0.4, 0.5) is 20.3 Å². The topological polar surface area (TPSA) is 93.4 Å². The Morgan fingerprint density at radius 3 is 2.64 bits per heavy atom. The van der Waals surface area contributed by atoms with E-state index >= 15 is 0 Å². The predicted molar refractivity (Wildman–Crippen MR) is 136 cm³/mol. The molecule has 1 aromatic heterocycles. The molecule has 0 saturated heterocycles. The van der Waals surface area contributed by atoms with E-state index in [1.165, 1.54) is 30.6 Å². The molecule has 0 unspecified atom stereocenters. The molecule has 4 rings (SSSR count). The molecule has 1 saturated carbocycles. The van der Waals surface area contributed by atoms with Gasteiger partial charge in [-0.3, -0.25) is 4.79 Å². The molecule has 190 valence electrons. The van der Waals surface area contributed by atoms with Gasteiger partial charge in [0, 0.05) is 23.8 Å². The Morgan fingerprint density at radius 2 is 1.97 bits per heavy atom. The van der Waals surface area contributed by atoms with E-state index in [4.69, 9.17) is 10.5 Å². The van der Waals surface area contributed by atoms with Crippen molar-refractivity contribution >= 4 is 17.4 Å². The maximum absolute atomic E-state index is 14.7. The van der Waals surface area contributed by atoms with Gasteiger partial charge in [-0.2, -0.15) is 0 Å². The normalized spacial score (nSPS) is 13.3. The first-order valence-corrected chi connectivity index (χ1v) is 12.0. The molecule has 2 aromatic carbocycles. The van der Waals surface area contributed by atoms with E-state index in [0.717, 1.165) is 18.4 Å². The largest absolute Gasteiger partial charge is 0.486 e. The molecule has 0 aliphatic heterocycles. The number of anilines is 2. The highest BCUT2D eigenvalue weighted by atomic mass is 19.1. The number of hydrogen-bond acceptors (Lipinski definition) is 6. The van der Waals surface area contributed by atoms with Crippen molar-refractivity contribution in [3.8, 4) is 17.0 Å². The molecule has 7 nitrogen and oxygen atoms in total. The average molecular weight is 496 g/mol. The molecular weight excluding hydrogens is 464 g/mol. The molecule has 3 N–H and O–H groups in total. The van der Waals surface area contributed by atoms with Crippen LogP contribution in [0.5, 0.6) is 5.75 Å². The third kappa shape index (κ3) is 5.62. The second-order valence-corrected chi connectivity index (χ2v) is 9.45. The molecule has 3 aromatic rings. The van der Waals surface area contributed by atoms with Crippen LogP contribution >= 0.6 is 0 Å². The van der Waals surface area contributed by atoms with Crippen molar-refractivity contribution in [3.05, 3.63) is 65.0 Å². The molecule has 0 spiro atoms. The summed E-state index contributed by atoms with van der Waals surface area (Å²) in [5, 5.41) is 2.65. The number of aromatic nitrogens is 2. The van der Waals surface area contributed by atoms with Gasteiger partial charge in [0.2, 0.25) is 0 Å². The van der Waals surface area contributed by atoms with Gasteiger partial charge in [-0.05, 0) is 82.0 Å². The number of likely N-dealkylation sites (N-methyl/N-ethyl adjacent to an activating group) is 1. The lowest BCUT2D eigenvalue weighted by atomic mass is 10.0. The lowest BCUT2D eigenvalue weighted by Crippen LogP contribution is -2.30. The van der Waals surface area contributed by atoms with Crippen LogP contribution in [0.15, 0.2) is 36.7 Å². The van der Waals surface area contributed by atoms with E-state index < -0.39 is 17.5 Å². The van der Waals surface area contributed by atoms with Crippen LogP contribution in [0.2, 0.25) is 0 Å². The number of carbonyl (C=O) groups excluding carboxylic acids is 1. The summed E-state index contributed by atoms with van der Waals surface area (Å²) in [6, 6.07) is 7.47. The van der Waals surface area contributed by atoms with Crippen molar-refractivity contribution in [2.45, 2.75) is 45.6 Å². The fourth-order valence-corrected chi connectivity index (χ4v) is 3.90. The smallest absolute Gasteiger partial charge is 0.258 e. The van der Waals surface area contributed by atoms with E-state index in [2.05, 4.69) is 34.0 Å². The van der Waals surface area contributed by atoms with Gasteiger partial charge in [-0.1, -0.05) is 6.07 Å². The molecule has 36 heavy (non-hydrogen) atoms. The van der Waals surface area contributed by atoms with Gasteiger partial charge in [0.25, 0.3) is 5.91 Å². The standard InChI is InChI=1S/C27H31F2N5O2/c1-15(2)34(4)9-10-36-25-24(31-14-32-26(25)30)21-12-19(28)13-23(16(21)3)33-27(35)20-8-7-18(11-22(20)29)17-5-6-17/h7-8,11-15,17H,5-6,9-10H2,1-4H3,(H,33,35)(H2,30,31,32). The van der Waals surface area contributed by atoms with E-state index in [1.54, 1.807) is 13.0 Å². The van der Waals surface area contributed by atoms with Crippen molar-refractivity contribution in [2.24, 2.45) is 0 Å². The average Bonchev–Trinajstić information content (AvgIpc) is 3.67. The molecule has 0 radical (unpaired) electrons. The second kappa shape index (κ2) is 10.6. The summed E-state index contributed by atoms with van der Waals surface area (Å²) in [6.45, 7) is 6.83. The van der Waals surface area contributed by atoms with Crippen molar-refractivity contribution < 1.29 is 18.3 Å². The van der Waals surface area contributed by atoms with Crippen LogP contribution in [0.1, 0.15) is 54.1 Å². The second-order valence-electron chi connectivity index (χ2n) is 9.45. The molecule has 1 aliphatic carbocycles. The number of amides is 1. The third-order valence-corrected chi connectivity index (χ3v) is 6.57. The van der Waals surface area contributed by atoms with Crippen molar-refractivity contribution in [1.29, 1.82) is 0 Å². The number of nitrogens with one attached hydrogen (secondary N) is 1. The predicted octanol–water partition coefficient (Wildman–Crippen LogP) is 5.16. The zero-order valence-corrected chi connectivity index (χ0v) is 20.9. The van der Waals surface area contributed by atoms with E-state index in [9.17, 15) is 13.6 Å². The Balaban J connectivity index is 1.61. The lowest BCUT2D eigenvalue weighted by Gasteiger charge is -2.22. The number of nitrogen functional groups attached to an aromatic ring is 1. The first-order valence-electron chi connectivity index (χ1n) is 12.0. The van der Waals surface area contributed by atoms with Crippen LogP contribution < -0.4 is 15.8 Å². The Bertz CT molecular complexity index is 1280. The highest BCUT2D eigenvalue weighted by Crippen LogP contribution is 2.40. The zero-order chi connectivity index (χ0) is 26.0. The minimum Gasteiger partial charge on any atom is -0.486 e. The Hall–Kier alpha value is -3.59. The summed E-state index contributed by atoms with van der Waals surface area (Å²) in [6.07, 6.45) is 3.34. The van der Waals surface area contributed by atoms with Crippen LogP contribution in [0, 0.1) is 18.6 Å².